The molecule has 170 valence electrons. The number of ether oxygens (including phenoxy) is 2. The highest BCUT2D eigenvalue weighted by Crippen LogP contribution is 2.24. The van der Waals surface area contributed by atoms with E-state index in [1.807, 2.05) is 38.1 Å². The Labute approximate surface area is 185 Å². The maximum Gasteiger partial charge on any atom is 0.243 e. The van der Waals surface area contributed by atoms with Gasteiger partial charge in [-0.15, -0.1) is 0 Å². The van der Waals surface area contributed by atoms with Crippen molar-refractivity contribution in [3.05, 3.63) is 54.1 Å². The first-order chi connectivity index (χ1) is 14.8. The Morgan fingerprint density at radius 1 is 0.968 bits per heavy atom. The van der Waals surface area contributed by atoms with Crippen LogP contribution < -0.4 is 19.1 Å². The molecule has 1 atom stereocenters. The van der Waals surface area contributed by atoms with Crippen LogP contribution in [0.3, 0.4) is 0 Å². The average molecular weight is 449 g/mol. The normalized spacial score (nSPS) is 12.1. The molecule has 0 aliphatic rings. The van der Waals surface area contributed by atoms with Gasteiger partial charge < -0.3 is 14.8 Å². The number of hydrogen-bond acceptors (Lipinski definition) is 5. The van der Waals surface area contributed by atoms with Crippen LogP contribution in [0, 0.1) is 0 Å². The Morgan fingerprint density at radius 2 is 1.48 bits per heavy atom. The molecule has 2 aromatic carbocycles. The standard InChI is InChI=1S/C23H32N2O5S/c1-5-29-21-13-9-19(10-14-21)8-7-17-24-23(26)18(3)25(31(4,27)28)20-11-15-22(16-12-20)30-6-2/h9-16,18H,5-8,17H2,1-4H3,(H,24,26). The molecule has 7 nitrogen and oxygen atoms in total. The summed E-state index contributed by atoms with van der Waals surface area (Å²) in [4.78, 5) is 12.6. The molecule has 0 spiro atoms. The second-order valence-corrected chi connectivity index (χ2v) is 8.99. The number of sulfonamides is 1. The van der Waals surface area contributed by atoms with Crippen LogP contribution in [0.4, 0.5) is 5.69 Å². The van der Waals surface area contributed by atoms with Crippen LogP contribution in [0.2, 0.25) is 0 Å². The Bertz CT molecular complexity index is 927. The van der Waals surface area contributed by atoms with Crippen LogP contribution in [-0.4, -0.2) is 46.4 Å². The van der Waals surface area contributed by atoms with Gasteiger partial charge >= 0.3 is 0 Å². The van der Waals surface area contributed by atoms with E-state index in [9.17, 15) is 13.2 Å². The maximum absolute atomic E-state index is 12.6. The summed E-state index contributed by atoms with van der Waals surface area (Å²) in [6, 6.07) is 13.7. The SMILES string of the molecule is CCOc1ccc(CCCNC(=O)C(C)N(c2ccc(OCC)cc2)S(C)(=O)=O)cc1. The van der Waals surface area contributed by atoms with Crippen LogP contribution >= 0.6 is 0 Å². The Morgan fingerprint density at radius 3 is 1.97 bits per heavy atom. The fourth-order valence-electron chi connectivity index (χ4n) is 3.24. The van der Waals surface area contributed by atoms with Crippen molar-refractivity contribution in [3.8, 4) is 11.5 Å². The fourth-order valence-corrected chi connectivity index (χ4v) is 4.41. The monoisotopic (exact) mass is 448 g/mol. The minimum absolute atomic E-state index is 0.342. The van der Waals surface area contributed by atoms with Crippen LogP contribution in [0.15, 0.2) is 48.5 Å². The van der Waals surface area contributed by atoms with Gasteiger partial charge in [-0.25, -0.2) is 8.42 Å². The van der Waals surface area contributed by atoms with Crippen molar-refractivity contribution in [2.24, 2.45) is 0 Å². The second kappa shape index (κ2) is 11.6. The van der Waals surface area contributed by atoms with Crippen molar-refractivity contribution in [2.75, 3.05) is 30.3 Å². The van der Waals surface area contributed by atoms with Crippen LogP contribution in [0.1, 0.15) is 32.8 Å². The van der Waals surface area contributed by atoms with Gasteiger partial charge in [0.15, 0.2) is 0 Å². The summed E-state index contributed by atoms with van der Waals surface area (Å²) in [5, 5.41) is 2.84. The first-order valence-electron chi connectivity index (χ1n) is 10.5. The number of aryl methyl sites for hydroxylation is 1. The van der Waals surface area contributed by atoms with Crippen molar-refractivity contribution in [1.82, 2.24) is 5.32 Å². The van der Waals surface area contributed by atoms with Crippen LogP contribution in [0.25, 0.3) is 0 Å². The number of hydrogen-bond donors (Lipinski definition) is 1. The van der Waals surface area contributed by atoms with E-state index in [-0.39, 0.29) is 5.91 Å². The first-order valence-corrected chi connectivity index (χ1v) is 12.3. The zero-order valence-electron chi connectivity index (χ0n) is 18.6. The second-order valence-electron chi connectivity index (χ2n) is 7.13. The van der Waals surface area contributed by atoms with E-state index in [4.69, 9.17) is 9.47 Å². The van der Waals surface area contributed by atoms with E-state index in [0.29, 0.717) is 31.2 Å². The predicted molar refractivity (Wildman–Crippen MR) is 123 cm³/mol. The minimum atomic E-state index is -3.65. The van der Waals surface area contributed by atoms with Crippen molar-refractivity contribution < 1.29 is 22.7 Å². The lowest BCUT2D eigenvalue weighted by Gasteiger charge is -2.28. The molecule has 0 aliphatic heterocycles. The summed E-state index contributed by atoms with van der Waals surface area (Å²) in [6.45, 7) is 7.00. The Kier molecular flexibility index (Phi) is 9.18. The van der Waals surface area contributed by atoms with E-state index < -0.39 is 16.1 Å². The Hall–Kier alpha value is -2.74. The van der Waals surface area contributed by atoms with E-state index in [1.54, 1.807) is 31.2 Å². The highest BCUT2D eigenvalue weighted by atomic mass is 32.2. The highest BCUT2D eigenvalue weighted by Gasteiger charge is 2.28. The van der Waals surface area contributed by atoms with Gasteiger partial charge in [0.1, 0.15) is 17.5 Å². The molecule has 0 saturated carbocycles. The molecule has 2 rings (SSSR count). The van der Waals surface area contributed by atoms with Gasteiger partial charge in [0.2, 0.25) is 15.9 Å². The smallest absolute Gasteiger partial charge is 0.243 e. The lowest BCUT2D eigenvalue weighted by Crippen LogP contribution is -2.48. The lowest BCUT2D eigenvalue weighted by atomic mass is 10.1. The van der Waals surface area contributed by atoms with E-state index in [0.717, 1.165) is 34.7 Å². The van der Waals surface area contributed by atoms with Crippen molar-refractivity contribution in [2.45, 2.75) is 39.7 Å². The quantitative estimate of drug-likeness (QED) is 0.503. The number of carbonyl (C=O) groups is 1. The van der Waals surface area contributed by atoms with Crippen molar-refractivity contribution in [1.29, 1.82) is 0 Å². The third kappa shape index (κ3) is 7.47. The largest absolute Gasteiger partial charge is 0.494 e. The summed E-state index contributed by atoms with van der Waals surface area (Å²) in [5.41, 5.74) is 1.57. The van der Waals surface area contributed by atoms with Crippen molar-refractivity contribution >= 4 is 21.6 Å². The topological polar surface area (TPSA) is 84.9 Å². The fraction of sp³-hybridized carbons (Fsp3) is 0.435. The summed E-state index contributed by atoms with van der Waals surface area (Å²) in [6.07, 6.45) is 2.64. The van der Waals surface area contributed by atoms with Gasteiger partial charge in [-0.2, -0.15) is 0 Å². The third-order valence-corrected chi connectivity index (χ3v) is 5.91. The van der Waals surface area contributed by atoms with Crippen molar-refractivity contribution in [3.63, 3.8) is 0 Å². The molecule has 0 heterocycles. The Balaban J connectivity index is 1.93. The maximum atomic E-state index is 12.6. The minimum Gasteiger partial charge on any atom is -0.494 e. The molecule has 0 radical (unpaired) electrons. The van der Waals surface area contributed by atoms with Gasteiger partial charge in [0, 0.05) is 6.54 Å². The van der Waals surface area contributed by atoms with E-state index >= 15 is 0 Å². The lowest BCUT2D eigenvalue weighted by molar-refractivity contribution is -0.121. The summed E-state index contributed by atoms with van der Waals surface area (Å²) >= 11 is 0. The number of amides is 1. The molecule has 31 heavy (non-hydrogen) atoms. The highest BCUT2D eigenvalue weighted by molar-refractivity contribution is 7.92. The molecule has 1 amide bonds. The van der Waals surface area contributed by atoms with E-state index in [2.05, 4.69) is 5.32 Å². The third-order valence-electron chi connectivity index (χ3n) is 4.67. The summed E-state index contributed by atoms with van der Waals surface area (Å²) in [7, 11) is -3.65. The summed E-state index contributed by atoms with van der Waals surface area (Å²) in [5.74, 6) is 1.14. The van der Waals surface area contributed by atoms with Gasteiger partial charge in [-0.3, -0.25) is 9.10 Å². The number of carbonyl (C=O) groups excluding carboxylic acids is 1. The van der Waals surface area contributed by atoms with Gasteiger partial charge in [0.25, 0.3) is 0 Å². The number of benzene rings is 2. The molecular formula is C23H32N2O5S. The van der Waals surface area contributed by atoms with Crippen LogP contribution in [0.5, 0.6) is 11.5 Å². The molecule has 1 unspecified atom stereocenters. The number of anilines is 1. The predicted octanol–water partition coefficient (Wildman–Crippen LogP) is 3.39. The molecule has 8 heteroatoms. The number of rotatable bonds is 12. The summed E-state index contributed by atoms with van der Waals surface area (Å²) < 4.78 is 36.7. The molecule has 2 aromatic rings. The number of nitrogens with zero attached hydrogens (tertiary/aromatic N) is 1. The number of nitrogens with one attached hydrogen (secondary N) is 1. The first kappa shape index (κ1) is 24.5. The van der Waals surface area contributed by atoms with Gasteiger partial charge in [-0.05, 0) is 75.6 Å². The molecule has 1 N–H and O–H groups in total. The zero-order valence-corrected chi connectivity index (χ0v) is 19.4. The van der Waals surface area contributed by atoms with E-state index in [1.165, 1.54) is 0 Å². The molecule has 0 bridgehead atoms. The van der Waals surface area contributed by atoms with Crippen LogP contribution in [-0.2, 0) is 21.2 Å². The molecule has 0 saturated heterocycles. The average Bonchev–Trinajstić information content (AvgIpc) is 2.73. The van der Waals surface area contributed by atoms with Gasteiger partial charge in [-0.1, -0.05) is 12.1 Å². The molecule has 0 aliphatic carbocycles. The molecule has 0 aromatic heterocycles. The molecular weight excluding hydrogens is 416 g/mol. The van der Waals surface area contributed by atoms with Gasteiger partial charge in [0.05, 0.1) is 25.2 Å². The molecule has 0 fully saturated rings. The zero-order chi connectivity index (χ0) is 22.9.